The minimum atomic E-state index is 0. The van der Waals surface area contributed by atoms with Crippen molar-refractivity contribution >= 4 is 23.7 Å². The summed E-state index contributed by atoms with van der Waals surface area (Å²) in [5.41, 5.74) is 1.21. The SMILES string of the molecule is Cc1nc(C)c(CN2CCNC[C@H]2C)s1.Cl. The Morgan fingerprint density at radius 2 is 2.25 bits per heavy atom. The lowest BCUT2D eigenvalue weighted by Crippen LogP contribution is -2.49. The summed E-state index contributed by atoms with van der Waals surface area (Å²) in [6.07, 6.45) is 0. The number of hydrogen-bond donors (Lipinski definition) is 1. The first-order valence-corrected chi connectivity index (χ1v) is 6.36. The van der Waals surface area contributed by atoms with Gasteiger partial charge >= 0.3 is 0 Å². The van der Waals surface area contributed by atoms with Gasteiger partial charge in [-0.3, -0.25) is 4.90 Å². The van der Waals surface area contributed by atoms with E-state index in [1.54, 1.807) is 0 Å². The molecule has 1 aromatic heterocycles. The highest BCUT2D eigenvalue weighted by atomic mass is 35.5. The van der Waals surface area contributed by atoms with Crippen molar-refractivity contribution in [1.82, 2.24) is 15.2 Å². The number of piperazine rings is 1. The van der Waals surface area contributed by atoms with Gasteiger partial charge in [-0.05, 0) is 20.8 Å². The minimum absolute atomic E-state index is 0. The van der Waals surface area contributed by atoms with E-state index in [-0.39, 0.29) is 12.4 Å². The van der Waals surface area contributed by atoms with E-state index < -0.39 is 0 Å². The molecule has 3 nitrogen and oxygen atoms in total. The molecule has 16 heavy (non-hydrogen) atoms. The van der Waals surface area contributed by atoms with Crippen molar-refractivity contribution in [3.05, 3.63) is 15.6 Å². The van der Waals surface area contributed by atoms with Crippen LogP contribution in [0, 0.1) is 13.8 Å². The van der Waals surface area contributed by atoms with E-state index in [1.165, 1.54) is 15.6 Å². The van der Waals surface area contributed by atoms with Crippen LogP contribution in [0.25, 0.3) is 0 Å². The van der Waals surface area contributed by atoms with Crippen LogP contribution in [0.2, 0.25) is 0 Å². The summed E-state index contributed by atoms with van der Waals surface area (Å²) in [4.78, 5) is 8.45. The predicted molar refractivity (Wildman–Crippen MR) is 71.6 cm³/mol. The lowest BCUT2D eigenvalue weighted by Gasteiger charge is -2.33. The Labute approximate surface area is 108 Å². The summed E-state index contributed by atoms with van der Waals surface area (Å²) in [6.45, 7) is 10.9. The number of nitrogens with one attached hydrogen (secondary N) is 1. The zero-order chi connectivity index (χ0) is 10.8. The Morgan fingerprint density at radius 1 is 1.50 bits per heavy atom. The quantitative estimate of drug-likeness (QED) is 0.883. The molecule has 1 N–H and O–H groups in total. The van der Waals surface area contributed by atoms with Gasteiger partial charge in [-0.15, -0.1) is 23.7 Å². The summed E-state index contributed by atoms with van der Waals surface area (Å²) in [7, 11) is 0. The molecule has 0 unspecified atom stereocenters. The van der Waals surface area contributed by atoms with Gasteiger partial charge < -0.3 is 5.32 Å². The van der Waals surface area contributed by atoms with E-state index in [0.717, 1.165) is 26.2 Å². The molecule has 2 rings (SSSR count). The van der Waals surface area contributed by atoms with Crippen LogP contribution in [-0.4, -0.2) is 35.6 Å². The summed E-state index contributed by atoms with van der Waals surface area (Å²) in [6, 6.07) is 0.639. The van der Waals surface area contributed by atoms with Crippen LogP contribution in [0.15, 0.2) is 0 Å². The fourth-order valence-corrected chi connectivity index (χ4v) is 2.99. The van der Waals surface area contributed by atoms with Gasteiger partial charge in [0.05, 0.1) is 10.7 Å². The molecule has 1 saturated heterocycles. The van der Waals surface area contributed by atoms with Gasteiger partial charge in [0.2, 0.25) is 0 Å². The molecule has 1 fully saturated rings. The maximum absolute atomic E-state index is 4.48. The first-order chi connectivity index (χ1) is 7.16. The van der Waals surface area contributed by atoms with E-state index in [2.05, 4.69) is 36.0 Å². The molecule has 2 heterocycles. The average molecular weight is 262 g/mol. The molecule has 0 spiro atoms. The lowest BCUT2D eigenvalue weighted by molar-refractivity contribution is 0.167. The lowest BCUT2D eigenvalue weighted by atomic mass is 10.2. The maximum atomic E-state index is 4.48. The van der Waals surface area contributed by atoms with E-state index >= 15 is 0 Å². The standard InChI is InChI=1S/C11H19N3S.ClH/c1-8-6-12-4-5-14(8)7-11-9(2)13-10(3)15-11;/h8,12H,4-7H2,1-3H3;1H/t8-;/m1./s1. The Hall–Kier alpha value is -0.160. The summed E-state index contributed by atoms with van der Waals surface area (Å²) in [5, 5.41) is 4.60. The summed E-state index contributed by atoms with van der Waals surface area (Å²) >= 11 is 1.84. The molecule has 0 bridgehead atoms. The van der Waals surface area contributed by atoms with Crippen molar-refractivity contribution in [2.75, 3.05) is 19.6 Å². The number of aryl methyl sites for hydroxylation is 2. The fourth-order valence-electron chi connectivity index (χ4n) is 2.02. The number of thiazole rings is 1. The van der Waals surface area contributed by atoms with E-state index in [1.807, 2.05) is 11.3 Å². The van der Waals surface area contributed by atoms with Gasteiger partial charge in [-0.25, -0.2) is 4.98 Å². The van der Waals surface area contributed by atoms with Crippen LogP contribution < -0.4 is 5.32 Å². The molecule has 0 aliphatic carbocycles. The highest BCUT2D eigenvalue weighted by Gasteiger charge is 2.19. The van der Waals surface area contributed by atoms with Gasteiger partial charge in [0.25, 0.3) is 0 Å². The highest BCUT2D eigenvalue weighted by molar-refractivity contribution is 7.11. The highest BCUT2D eigenvalue weighted by Crippen LogP contribution is 2.20. The number of rotatable bonds is 2. The van der Waals surface area contributed by atoms with E-state index in [9.17, 15) is 0 Å². The molecule has 1 atom stereocenters. The zero-order valence-corrected chi connectivity index (χ0v) is 11.7. The number of aromatic nitrogens is 1. The summed E-state index contributed by atoms with van der Waals surface area (Å²) in [5.74, 6) is 0. The average Bonchev–Trinajstić information content (AvgIpc) is 2.49. The van der Waals surface area contributed by atoms with Crippen LogP contribution in [0.3, 0.4) is 0 Å². The van der Waals surface area contributed by atoms with Crippen LogP contribution in [-0.2, 0) is 6.54 Å². The third-order valence-corrected chi connectivity index (χ3v) is 4.04. The topological polar surface area (TPSA) is 28.2 Å². The number of hydrogen-bond acceptors (Lipinski definition) is 4. The first-order valence-electron chi connectivity index (χ1n) is 5.54. The van der Waals surface area contributed by atoms with E-state index in [4.69, 9.17) is 0 Å². The molecule has 0 aromatic carbocycles. The Balaban J connectivity index is 0.00000128. The van der Waals surface area contributed by atoms with E-state index in [0.29, 0.717) is 6.04 Å². The smallest absolute Gasteiger partial charge is 0.0900 e. The van der Waals surface area contributed by atoms with Gasteiger partial charge in [0, 0.05) is 37.1 Å². The summed E-state index contributed by atoms with van der Waals surface area (Å²) < 4.78 is 0. The van der Waals surface area contributed by atoms with Crippen LogP contribution >= 0.6 is 23.7 Å². The third-order valence-electron chi connectivity index (χ3n) is 2.99. The normalized spacial score (nSPS) is 21.8. The van der Waals surface area contributed by atoms with Crippen molar-refractivity contribution in [3.8, 4) is 0 Å². The van der Waals surface area contributed by atoms with Gasteiger partial charge in [-0.1, -0.05) is 0 Å². The molecular formula is C11H20ClN3S. The second-order valence-corrected chi connectivity index (χ2v) is 5.55. The van der Waals surface area contributed by atoms with Crippen molar-refractivity contribution in [3.63, 3.8) is 0 Å². The Morgan fingerprint density at radius 3 is 2.81 bits per heavy atom. The minimum Gasteiger partial charge on any atom is -0.314 e. The third kappa shape index (κ3) is 3.17. The predicted octanol–water partition coefficient (Wildman–Crippen LogP) is 1.98. The van der Waals surface area contributed by atoms with Crippen LogP contribution in [0.5, 0.6) is 0 Å². The monoisotopic (exact) mass is 261 g/mol. The largest absolute Gasteiger partial charge is 0.314 e. The van der Waals surface area contributed by atoms with Crippen molar-refractivity contribution in [2.45, 2.75) is 33.4 Å². The zero-order valence-electron chi connectivity index (χ0n) is 10.1. The number of halogens is 1. The van der Waals surface area contributed by atoms with Crippen LogP contribution in [0.1, 0.15) is 22.5 Å². The maximum Gasteiger partial charge on any atom is 0.0900 e. The molecule has 5 heteroatoms. The number of nitrogens with zero attached hydrogens (tertiary/aromatic N) is 2. The molecular weight excluding hydrogens is 242 g/mol. The molecule has 0 amide bonds. The molecule has 1 aliphatic rings. The van der Waals surface area contributed by atoms with Crippen molar-refractivity contribution in [1.29, 1.82) is 0 Å². The van der Waals surface area contributed by atoms with Crippen molar-refractivity contribution < 1.29 is 0 Å². The first kappa shape index (κ1) is 13.9. The molecule has 1 aliphatic heterocycles. The Kier molecular flexibility index (Phi) is 5.18. The molecule has 1 aromatic rings. The Bertz CT molecular complexity index is 340. The second-order valence-electron chi connectivity index (χ2n) is 4.27. The van der Waals surface area contributed by atoms with Gasteiger partial charge in [0.1, 0.15) is 0 Å². The molecule has 0 radical (unpaired) electrons. The molecule has 0 saturated carbocycles. The second kappa shape index (κ2) is 5.96. The van der Waals surface area contributed by atoms with Gasteiger partial charge in [0.15, 0.2) is 0 Å². The molecule has 92 valence electrons. The fraction of sp³-hybridized carbons (Fsp3) is 0.727. The van der Waals surface area contributed by atoms with Crippen molar-refractivity contribution in [2.24, 2.45) is 0 Å². The van der Waals surface area contributed by atoms with Gasteiger partial charge in [-0.2, -0.15) is 0 Å². The van der Waals surface area contributed by atoms with Crippen LogP contribution in [0.4, 0.5) is 0 Å².